The molecule has 138 valence electrons. The second kappa shape index (κ2) is 7.14. The Morgan fingerprint density at radius 1 is 1.27 bits per heavy atom. The van der Waals surface area contributed by atoms with Crippen LogP contribution >= 0.6 is 0 Å². The molecule has 1 aliphatic carbocycles. The van der Waals surface area contributed by atoms with Gasteiger partial charge in [0.15, 0.2) is 0 Å². The van der Waals surface area contributed by atoms with Crippen LogP contribution in [0.15, 0.2) is 36.5 Å². The van der Waals surface area contributed by atoms with Crippen molar-refractivity contribution in [3.8, 4) is 5.75 Å². The average Bonchev–Trinajstić information content (AvgIpc) is 3.11. The summed E-state index contributed by atoms with van der Waals surface area (Å²) in [5.74, 6) is 0.872. The Labute approximate surface area is 154 Å². The molecule has 1 saturated carbocycles. The zero-order chi connectivity index (χ0) is 18.0. The molecule has 1 fully saturated rings. The monoisotopic (exact) mass is 353 g/mol. The number of hydrogen-bond acceptors (Lipinski definition) is 3. The largest absolute Gasteiger partial charge is 0.487 e. The molecule has 0 radical (unpaired) electrons. The fourth-order valence-electron chi connectivity index (χ4n) is 4.40. The Balaban J connectivity index is 1.60. The Hall–Kier alpha value is -2.30. The van der Waals surface area contributed by atoms with E-state index >= 15 is 0 Å². The molecule has 5 nitrogen and oxygen atoms in total. The molecule has 0 saturated heterocycles. The Morgan fingerprint density at radius 2 is 2.08 bits per heavy atom. The summed E-state index contributed by atoms with van der Waals surface area (Å²) in [6, 6.07) is 9.91. The van der Waals surface area contributed by atoms with Crippen LogP contribution in [0.25, 0.3) is 0 Å². The fraction of sp³-hybridized carbons (Fsp3) is 0.524. The molecule has 1 amide bonds. The van der Waals surface area contributed by atoms with E-state index in [1.165, 1.54) is 19.3 Å². The molecule has 4 rings (SSSR count). The van der Waals surface area contributed by atoms with Crippen molar-refractivity contribution in [2.75, 3.05) is 0 Å². The number of fused-ring (bicyclic) bond motifs is 1. The standard InChI is InChI=1S/C21H27N3O2/c1-2-14-24-18(10-13-22-24)20(25)23-17-15-21(11-6-3-7-12-21)26-19-9-5-4-8-16(17)19/h4-5,8-10,13,17H,2-3,6-7,11-12,14-15H2,1H3,(H,23,25)/t17-/m1/s1. The quantitative estimate of drug-likeness (QED) is 0.894. The van der Waals surface area contributed by atoms with Gasteiger partial charge in [0.25, 0.3) is 5.91 Å². The second-order valence-corrected chi connectivity index (χ2v) is 7.55. The summed E-state index contributed by atoms with van der Waals surface area (Å²) in [6.07, 6.45) is 9.31. The number of ether oxygens (including phenoxy) is 1. The number of benzene rings is 1. The number of hydrogen-bond donors (Lipinski definition) is 1. The summed E-state index contributed by atoms with van der Waals surface area (Å²) in [4.78, 5) is 12.9. The first-order chi connectivity index (χ1) is 12.7. The van der Waals surface area contributed by atoms with Crippen molar-refractivity contribution in [1.29, 1.82) is 0 Å². The highest BCUT2D eigenvalue weighted by atomic mass is 16.5. The van der Waals surface area contributed by atoms with E-state index in [4.69, 9.17) is 4.74 Å². The van der Waals surface area contributed by atoms with Gasteiger partial charge in [-0.25, -0.2) is 0 Å². The maximum absolute atomic E-state index is 12.9. The van der Waals surface area contributed by atoms with Gasteiger partial charge in [-0.3, -0.25) is 9.48 Å². The van der Waals surface area contributed by atoms with Gasteiger partial charge in [0.2, 0.25) is 0 Å². The van der Waals surface area contributed by atoms with E-state index in [1.807, 2.05) is 18.2 Å². The van der Waals surface area contributed by atoms with E-state index in [0.717, 1.165) is 43.5 Å². The highest BCUT2D eigenvalue weighted by Crippen LogP contribution is 2.46. The van der Waals surface area contributed by atoms with Gasteiger partial charge in [0, 0.05) is 24.7 Å². The molecule has 1 atom stereocenters. The molecule has 26 heavy (non-hydrogen) atoms. The van der Waals surface area contributed by atoms with Crippen molar-refractivity contribution in [1.82, 2.24) is 15.1 Å². The molecule has 1 aromatic heterocycles. The molecule has 2 heterocycles. The summed E-state index contributed by atoms with van der Waals surface area (Å²) in [5.41, 5.74) is 1.58. The van der Waals surface area contributed by atoms with E-state index in [2.05, 4.69) is 23.4 Å². The van der Waals surface area contributed by atoms with Gasteiger partial charge in [-0.15, -0.1) is 0 Å². The molecular formula is C21H27N3O2. The minimum atomic E-state index is -0.131. The Kier molecular flexibility index (Phi) is 4.70. The van der Waals surface area contributed by atoms with Crippen LogP contribution in [-0.2, 0) is 6.54 Å². The van der Waals surface area contributed by atoms with Crippen LogP contribution in [0.2, 0.25) is 0 Å². The molecule has 1 aliphatic heterocycles. The number of amides is 1. The van der Waals surface area contributed by atoms with Crippen molar-refractivity contribution >= 4 is 5.91 Å². The van der Waals surface area contributed by atoms with E-state index in [0.29, 0.717) is 5.69 Å². The lowest BCUT2D eigenvalue weighted by atomic mass is 9.77. The molecule has 2 aliphatic rings. The number of carbonyl (C=O) groups excluding carboxylic acids is 1. The topological polar surface area (TPSA) is 56.2 Å². The lowest BCUT2D eigenvalue weighted by Gasteiger charge is -2.44. The number of para-hydroxylation sites is 1. The summed E-state index contributed by atoms with van der Waals surface area (Å²) in [7, 11) is 0. The molecule has 2 aromatic rings. The minimum absolute atomic E-state index is 0.0180. The highest BCUT2D eigenvalue weighted by Gasteiger charge is 2.42. The Morgan fingerprint density at radius 3 is 2.88 bits per heavy atom. The zero-order valence-corrected chi connectivity index (χ0v) is 15.4. The molecule has 1 aromatic carbocycles. The predicted molar refractivity (Wildman–Crippen MR) is 100 cm³/mol. The van der Waals surface area contributed by atoms with Crippen LogP contribution in [-0.4, -0.2) is 21.3 Å². The summed E-state index contributed by atoms with van der Waals surface area (Å²) in [6.45, 7) is 2.84. The predicted octanol–water partition coefficient (Wildman–Crippen LogP) is 4.25. The normalized spacial score (nSPS) is 21.0. The van der Waals surface area contributed by atoms with Crippen molar-refractivity contribution < 1.29 is 9.53 Å². The van der Waals surface area contributed by atoms with Gasteiger partial charge in [0.05, 0.1) is 6.04 Å². The third-order valence-electron chi connectivity index (χ3n) is 5.65. The van der Waals surface area contributed by atoms with Crippen LogP contribution in [0.4, 0.5) is 0 Å². The van der Waals surface area contributed by atoms with Crippen LogP contribution in [0.1, 0.15) is 74.0 Å². The first kappa shape index (κ1) is 17.1. The lowest BCUT2D eigenvalue weighted by Crippen LogP contribution is -2.46. The third-order valence-corrected chi connectivity index (χ3v) is 5.65. The SMILES string of the molecule is CCCn1nccc1C(=O)N[C@@H]1CC2(CCCCC2)Oc2ccccc21. The Bertz CT molecular complexity index is 777. The number of aryl methyl sites for hydroxylation is 1. The van der Waals surface area contributed by atoms with Gasteiger partial charge >= 0.3 is 0 Å². The van der Waals surface area contributed by atoms with Gasteiger partial charge in [-0.1, -0.05) is 31.5 Å². The van der Waals surface area contributed by atoms with Crippen LogP contribution < -0.4 is 10.1 Å². The summed E-state index contributed by atoms with van der Waals surface area (Å²) in [5, 5.41) is 7.55. The van der Waals surface area contributed by atoms with E-state index in [1.54, 1.807) is 16.9 Å². The zero-order valence-electron chi connectivity index (χ0n) is 15.4. The first-order valence-electron chi connectivity index (χ1n) is 9.81. The number of nitrogens with zero attached hydrogens (tertiary/aromatic N) is 2. The summed E-state index contributed by atoms with van der Waals surface area (Å²) >= 11 is 0. The molecule has 0 bridgehead atoms. The van der Waals surface area contributed by atoms with Gasteiger partial charge < -0.3 is 10.1 Å². The second-order valence-electron chi connectivity index (χ2n) is 7.55. The summed E-state index contributed by atoms with van der Waals surface area (Å²) < 4.78 is 8.24. The maximum Gasteiger partial charge on any atom is 0.270 e. The third kappa shape index (κ3) is 3.22. The van der Waals surface area contributed by atoms with Crippen LogP contribution in [0.5, 0.6) is 5.75 Å². The highest BCUT2D eigenvalue weighted by molar-refractivity contribution is 5.92. The lowest BCUT2D eigenvalue weighted by molar-refractivity contribution is -0.00215. The van der Waals surface area contributed by atoms with E-state index in [9.17, 15) is 4.79 Å². The van der Waals surface area contributed by atoms with Gasteiger partial charge in [-0.05, 0) is 44.2 Å². The molecule has 1 spiro atoms. The average molecular weight is 353 g/mol. The van der Waals surface area contributed by atoms with Crippen molar-refractivity contribution in [3.05, 3.63) is 47.8 Å². The van der Waals surface area contributed by atoms with E-state index < -0.39 is 0 Å². The van der Waals surface area contributed by atoms with Crippen LogP contribution in [0, 0.1) is 0 Å². The molecular weight excluding hydrogens is 326 g/mol. The fourth-order valence-corrected chi connectivity index (χ4v) is 4.40. The number of aromatic nitrogens is 2. The number of carbonyl (C=O) groups is 1. The maximum atomic E-state index is 12.9. The number of rotatable bonds is 4. The molecule has 0 unspecified atom stereocenters. The first-order valence-corrected chi connectivity index (χ1v) is 9.81. The smallest absolute Gasteiger partial charge is 0.270 e. The van der Waals surface area contributed by atoms with Gasteiger partial charge in [0.1, 0.15) is 17.0 Å². The van der Waals surface area contributed by atoms with Crippen molar-refractivity contribution in [2.24, 2.45) is 0 Å². The van der Waals surface area contributed by atoms with E-state index in [-0.39, 0.29) is 17.6 Å². The minimum Gasteiger partial charge on any atom is -0.487 e. The van der Waals surface area contributed by atoms with Gasteiger partial charge in [-0.2, -0.15) is 5.10 Å². The van der Waals surface area contributed by atoms with Crippen molar-refractivity contribution in [3.63, 3.8) is 0 Å². The van der Waals surface area contributed by atoms with Crippen LogP contribution in [0.3, 0.4) is 0 Å². The molecule has 5 heteroatoms. The molecule has 1 N–H and O–H groups in total. The van der Waals surface area contributed by atoms with Crippen molar-refractivity contribution in [2.45, 2.75) is 70.1 Å². The number of nitrogens with one attached hydrogen (secondary N) is 1.